The van der Waals surface area contributed by atoms with Gasteiger partial charge in [0, 0.05) is 0 Å². The number of ether oxygens (including phenoxy) is 3. The summed E-state index contributed by atoms with van der Waals surface area (Å²) in [5, 5.41) is 15.9. The largest absolute Gasteiger partial charge is 0.495 e. The molecule has 3 aromatic heterocycles. The highest BCUT2D eigenvalue weighted by atomic mass is 32.2. The van der Waals surface area contributed by atoms with Gasteiger partial charge in [-0.05, 0) is 56.8 Å². The monoisotopic (exact) mass is 657 g/mol. The van der Waals surface area contributed by atoms with E-state index in [0.717, 1.165) is 23.1 Å². The van der Waals surface area contributed by atoms with Crippen LogP contribution in [0.25, 0.3) is 5.69 Å². The molecule has 12 nitrogen and oxygen atoms in total. The number of thioether (sulfide) groups is 1. The number of esters is 2. The van der Waals surface area contributed by atoms with Crippen LogP contribution in [0.1, 0.15) is 61.9 Å². The highest BCUT2D eigenvalue weighted by Crippen LogP contribution is 2.36. The van der Waals surface area contributed by atoms with Crippen molar-refractivity contribution in [2.45, 2.75) is 44.6 Å². The molecule has 15 heteroatoms. The Labute approximate surface area is 266 Å². The van der Waals surface area contributed by atoms with Crippen molar-refractivity contribution >= 4 is 63.2 Å². The van der Waals surface area contributed by atoms with Gasteiger partial charge in [0.05, 0.1) is 48.2 Å². The number of para-hydroxylation sites is 2. The second-order valence-electron chi connectivity index (χ2n) is 9.02. The third-order valence-corrected chi connectivity index (χ3v) is 9.25. The number of nitrogens with one attached hydrogen (secondary N) is 2. The number of aromatic nitrogens is 3. The van der Waals surface area contributed by atoms with Gasteiger partial charge in [0.25, 0.3) is 5.91 Å². The van der Waals surface area contributed by atoms with Crippen molar-refractivity contribution in [3.05, 3.63) is 68.5 Å². The van der Waals surface area contributed by atoms with Crippen LogP contribution in [-0.2, 0) is 20.8 Å². The van der Waals surface area contributed by atoms with Gasteiger partial charge in [0.1, 0.15) is 15.6 Å². The van der Waals surface area contributed by atoms with Crippen molar-refractivity contribution in [1.82, 2.24) is 20.1 Å². The third kappa shape index (κ3) is 7.29. The molecule has 0 radical (unpaired) electrons. The van der Waals surface area contributed by atoms with Crippen molar-refractivity contribution in [1.29, 1.82) is 0 Å². The van der Waals surface area contributed by atoms with Crippen LogP contribution in [0.3, 0.4) is 0 Å². The summed E-state index contributed by atoms with van der Waals surface area (Å²) in [5.41, 5.74) is 1.09. The number of hydrogen-bond donors (Lipinski definition) is 2. The lowest BCUT2D eigenvalue weighted by atomic mass is 10.1. The molecule has 44 heavy (non-hydrogen) atoms. The molecule has 4 aromatic rings. The highest BCUT2D eigenvalue weighted by Gasteiger charge is 2.29. The number of benzene rings is 1. The van der Waals surface area contributed by atoms with E-state index in [1.807, 2.05) is 23.6 Å². The average molecular weight is 658 g/mol. The molecule has 0 bridgehead atoms. The number of anilines is 1. The lowest BCUT2D eigenvalue weighted by molar-refractivity contribution is -0.115. The van der Waals surface area contributed by atoms with E-state index in [2.05, 4.69) is 20.8 Å². The van der Waals surface area contributed by atoms with Gasteiger partial charge in [-0.1, -0.05) is 30.0 Å². The van der Waals surface area contributed by atoms with Crippen LogP contribution in [-0.4, -0.2) is 64.1 Å². The van der Waals surface area contributed by atoms with E-state index in [1.165, 1.54) is 11.3 Å². The molecular formula is C29H31N5O7S3. The van der Waals surface area contributed by atoms with Crippen LogP contribution in [0.5, 0.6) is 5.75 Å². The maximum atomic E-state index is 13.5. The number of thiophene rings is 2. The number of rotatable bonds is 13. The molecule has 4 rings (SSSR count). The van der Waals surface area contributed by atoms with Crippen LogP contribution in [0, 0.1) is 6.92 Å². The Hall–Kier alpha value is -4.21. The summed E-state index contributed by atoms with van der Waals surface area (Å²) in [7, 11) is 1.54. The minimum absolute atomic E-state index is 0.0664. The molecule has 1 atom stereocenters. The second kappa shape index (κ2) is 15.0. The molecule has 3 heterocycles. The topological polar surface area (TPSA) is 151 Å². The number of hydrogen-bond acceptors (Lipinski definition) is 12. The van der Waals surface area contributed by atoms with Gasteiger partial charge < -0.3 is 24.8 Å². The number of amides is 2. The van der Waals surface area contributed by atoms with Crippen molar-refractivity contribution in [3.63, 3.8) is 0 Å². The van der Waals surface area contributed by atoms with E-state index in [4.69, 9.17) is 14.2 Å². The summed E-state index contributed by atoms with van der Waals surface area (Å²) < 4.78 is 17.6. The predicted molar refractivity (Wildman–Crippen MR) is 168 cm³/mol. The summed E-state index contributed by atoms with van der Waals surface area (Å²) in [6, 6.07) is 10.8. The van der Waals surface area contributed by atoms with Crippen LogP contribution in [0.2, 0.25) is 0 Å². The molecule has 2 N–H and O–H groups in total. The Morgan fingerprint density at radius 1 is 1.02 bits per heavy atom. The quantitative estimate of drug-likeness (QED) is 0.147. The highest BCUT2D eigenvalue weighted by molar-refractivity contribution is 8.00. The van der Waals surface area contributed by atoms with E-state index in [1.54, 1.807) is 57.6 Å². The maximum absolute atomic E-state index is 13.5. The molecule has 0 saturated heterocycles. The minimum atomic E-state index is -0.732. The van der Waals surface area contributed by atoms with Gasteiger partial charge in [-0.3, -0.25) is 14.2 Å². The maximum Gasteiger partial charge on any atom is 0.348 e. The molecule has 0 unspecified atom stereocenters. The molecule has 0 saturated carbocycles. The minimum Gasteiger partial charge on any atom is -0.495 e. The lowest BCUT2D eigenvalue weighted by Gasteiger charge is -2.16. The fraction of sp³-hybridized carbons (Fsp3) is 0.310. The molecule has 1 aromatic carbocycles. The Balaban J connectivity index is 1.61. The zero-order valence-electron chi connectivity index (χ0n) is 24.7. The predicted octanol–water partition coefficient (Wildman–Crippen LogP) is 5.11. The Morgan fingerprint density at radius 3 is 2.43 bits per heavy atom. The van der Waals surface area contributed by atoms with Gasteiger partial charge in [-0.2, -0.15) is 0 Å². The van der Waals surface area contributed by atoms with Gasteiger partial charge in [-0.25, -0.2) is 9.59 Å². The normalized spacial score (nSPS) is 11.5. The van der Waals surface area contributed by atoms with Crippen molar-refractivity contribution in [2.75, 3.05) is 25.6 Å². The van der Waals surface area contributed by atoms with Gasteiger partial charge in [0.15, 0.2) is 11.0 Å². The van der Waals surface area contributed by atoms with Gasteiger partial charge in [0.2, 0.25) is 5.91 Å². The Bertz CT molecular complexity index is 1650. The first-order valence-electron chi connectivity index (χ1n) is 13.5. The molecule has 0 aliphatic carbocycles. The standard InChI is InChI=1S/C29H31N5O7S3/c1-6-40-27(37)22-16(3)23(28(38)41-7-2)44-26(22)31-24(35)17(4)43-29-33-32-21(15-30-25(36)20-13-10-14-42-20)34(29)18-11-8-9-12-19(18)39-5/h8-14,17H,6-7,15H2,1-5H3,(H,30,36)(H,31,35)/t17-/m1/s1. The second-order valence-corrected chi connectivity index (χ2v) is 12.3. The van der Waals surface area contributed by atoms with Crippen molar-refractivity contribution in [3.8, 4) is 11.4 Å². The SMILES string of the molecule is CCOC(=O)c1sc(NC(=O)[C@@H](C)Sc2nnc(CNC(=O)c3cccs3)n2-c2ccccc2OC)c(C(=O)OCC)c1C. The molecule has 232 valence electrons. The van der Waals surface area contributed by atoms with Crippen LogP contribution >= 0.6 is 34.4 Å². The fourth-order valence-corrected chi connectivity index (χ4v) is 6.68. The molecule has 0 spiro atoms. The molecule has 2 amide bonds. The summed E-state index contributed by atoms with van der Waals surface area (Å²) >= 11 is 3.40. The molecular weight excluding hydrogens is 627 g/mol. The van der Waals surface area contributed by atoms with E-state index < -0.39 is 23.1 Å². The third-order valence-electron chi connectivity index (χ3n) is 6.15. The molecule has 0 aliphatic rings. The zero-order valence-corrected chi connectivity index (χ0v) is 27.1. The first kappa shape index (κ1) is 32.7. The molecule has 0 fully saturated rings. The van der Waals surface area contributed by atoms with Crippen LogP contribution in [0.15, 0.2) is 46.9 Å². The summed E-state index contributed by atoms with van der Waals surface area (Å²) in [6.07, 6.45) is 0. The summed E-state index contributed by atoms with van der Waals surface area (Å²) in [5.74, 6) is -0.977. The lowest BCUT2D eigenvalue weighted by Crippen LogP contribution is -2.25. The summed E-state index contributed by atoms with van der Waals surface area (Å²) in [6.45, 7) is 6.98. The Kier molecular flexibility index (Phi) is 11.1. The first-order valence-corrected chi connectivity index (χ1v) is 16.1. The number of carbonyl (C=O) groups excluding carboxylic acids is 4. The zero-order chi connectivity index (χ0) is 31.8. The number of nitrogens with zero attached hydrogens (tertiary/aromatic N) is 3. The summed E-state index contributed by atoms with van der Waals surface area (Å²) in [4.78, 5) is 52.2. The molecule has 0 aliphatic heterocycles. The van der Waals surface area contributed by atoms with E-state index in [-0.39, 0.29) is 41.1 Å². The van der Waals surface area contributed by atoms with Crippen molar-refractivity contribution in [2.24, 2.45) is 0 Å². The first-order chi connectivity index (χ1) is 21.2. The van der Waals surface area contributed by atoms with E-state index in [0.29, 0.717) is 32.9 Å². The van der Waals surface area contributed by atoms with Gasteiger partial charge in [-0.15, -0.1) is 32.9 Å². The van der Waals surface area contributed by atoms with Crippen LogP contribution < -0.4 is 15.4 Å². The Morgan fingerprint density at radius 2 is 1.75 bits per heavy atom. The average Bonchev–Trinajstić information content (AvgIpc) is 3.76. The van der Waals surface area contributed by atoms with E-state index in [9.17, 15) is 19.2 Å². The number of methoxy groups -OCH3 is 1. The fourth-order valence-electron chi connectivity index (χ4n) is 4.07. The van der Waals surface area contributed by atoms with E-state index >= 15 is 0 Å². The smallest absolute Gasteiger partial charge is 0.348 e. The van der Waals surface area contributed by atoms with Crippen LogP contribution in [0.4, 0.5) is 5.00 Å². The number of carbonyl (C=O) groups is 4. The van der Waals surface area contributed by atoms with Gasteiger partial charge >= 0.3 is 11.9 Å². The van der Waals surface area contributed by atoms with Crippen molar-refractivity contribution < 1.29 is 33.4 Å².